The normalized spacial score (nSPS) is 15.8. The number of hydrogen-bond acceptors (Lipinski definition) is 5. The van der Waals surface area contributed by atoms with Gasteiger partial charge in [-0.1, -0.05) is 27.7 Å². The fourth-order valence-corrected chi connectivity index (χ4v) is 2.92. The largest absolute Gasteiger partial charge is 0.374 e. The third kappa shape index (κ3) is 4.48. The number of hydrogen-bond donors (Lipinski definition) is 2. The highest BCUT2D eigenvalue weighted by Crippen LogP contribution is 2.17. The maximum absolute atomic E-state index is 12.0. The number of amides is 3. The van der Waals surface area contributed by atoms with E-state index in [-0.39, 0.29) is 35.9 Å². The van der Waals surface area contributed by atoms with Crippen molar-refractivity contribution < 1.29 is 14.4 Å². The maximum Gasteiger partial charge on any atom is 0.288 e. The Bertz CT molecular complexity index is 563. The lowest BCUT2D eigenvalue weighted by Crippen LogP contribution is -2.42. The van der Waals surface area contributed by atoms with Gasteiger partial charge in [0.2, 0.25) is 11.8 Å². The molecular formula is C14H16BrN3O3S. The molecule has 0 aliphatic carbocycles. The molecule has 0 bridgehead atoms. The second-order valence-electron chi connectivity index (χ2n) is 4.76. The Morgan fingerprint density at radius 3 is 2.64 bits per heavy atom. The molecule has 22 heavy (non-hydrogen) atoms. The fraction of sp³-hybridized carbons (Fsp3) is 0.357. The average Bonchev–Trinajstić information content (AvgIpc) is 2.81. The molecule has 1 fully saturated rings. The summed E-state index contributed by atoms with van der Waals surface area (Å²) in [6, 6.07) is 7.09. The predicted molar refractivity (Wildman–Crippen MR) is 89.8 cm³/mol. The molecule has 0 saturated carbocycles. The van der Waals surface area contributed by atoms with E-state index in [4.69, 9.17) is 0 Å². The summed E-state index contributed by atoms with van der Waals surface area (Å²) in [5, 5.41) is 5.55. The summed E-state index contributed by atoms with van der Waals surface area (Å²) in [4.78, 5) is 36.0. The van der Waals surface area contributed by atoms with Gasteiger partial charge in [0.1, 0.15) is 6.04 Å². The van der Waals surface area contributed by atoms with E-state index in [0.29, 0.717) is 0 Å². The highest BCUT2D eigenvalue weighted by atomic mass is 79.9. The van der Waals surface area contributed by atoms with Crippen molar-refractivity contribution in [2.75, 3.05) is 24.2 Å². The molecule has 1 aromatic rings. The lowest BCUT2D eigenvalue weighted by Gasteiger charge is -2.17. The van der Waals surface area contributed by atoms with Crippen LogP contribution in [0.1, 0.15) is 6.92 Å². The SMILES string of the molecule is C[C@H](Nc1ccc(Br)cc1)C(=O)NCCN1C(=O)CSC1=O. The molecule has 1 aliphatic rings. The van der Waals surface area contributed by atoms with Crippen LogP contribution in [-0.4, -0.2) is 46.8 Å². The van der Waals surface area contributed by atoms with Gasteiger partial charge in [-0.05, 0) is 31.2 Å². The molecule has 0 unspecified atom stereocenters. The van der Waals surface area contributed by atoms with E-state index >= 15 is 0 Å². The van der Waals surface area contributed by atoms with Gasteiger partial charge in [-0.3, -0.25) is 19.3 Å². The van der Waals surface area contributed by atoms with Crippen molar-refractivity contribution in [3.8, 4) is 0 Å². The zero-order valence-corrected chi connectivity index (χ0v) is 14.4. The maximum atomic E-state index is 12.0. The quantitative estimate of drug-likeness (QED) is 0.783. The molecular weight excluding hydrogens is 370 g/mol. The first kappa shape index (κ1) is 16.8. The van der Waals surface area contributed by atoms with Gasteiger partial charge in [0.15, 0.2) is 0 Å². The van der Waals surface area contributed by atoms with Crippen molar-refractivity contribution in [3.63, 3.8) is 0 Å². The van der Waals surface area contributed by atoms with E-state index in [1.807, 2.05) is 24.3 Å². The Balaban J connectivity index is 1.75. The number of thioether (sulfide) groups is 1. The van der Waals surface area contributed by atoms with Gasteiger partial charge in [0.05, 0.1) is 5.75 Å². The Morgan fingerprint density at radius 1 is 1.36 bits per heavy atom. The second-order valence-corrected chi connectivity index (χ2v) is 6.61. The fourth-order valence-electron chi connectivity index (χ4n) is 1.90. The molecule has 1 heterocycles. The van der Waals surface area contributed by atoms with Crippen molar-refractivity contribution in [2.45, 2.75) is 13.0 Å². The standard InChI is InChI=1S/C14H16BrN3O3S/c1-9(17-11-4-2-10(15)3-5-11)13(20)16-6-7-18-12(19)8-22-14(18)21/h2-5,9,17H,6-8H2,1H3,(H,16,20)/t9-/m0/s1. The highest BCUT2D eigenvalue weighted by molar-refractivity contribution is 9.10. The van der Waals surface area contributed by atoms with Crippen LogP contribution in [0, 0.1) is 0 Å². The number of nitrogens with one attached hydrogen (secondary N) is 2. The van der Waals surface area contributed by atoms with E-state index in [1.54, 1.807) is 6.92 Å². The van der Waals surface area contributed by atoms with E-state index in [0.717, 1.165) is 26.8 Å². The van der Waals surface area contributed by atoms with Crippen LogP contribution in [0.15, 0.2) is 28.7 Å². The number of rotatable bonds is 6. The Morgan fingerprint density at radius 2 is 2.05 bits per heavy atom. The molecule has 0 aromatic heterocycles. The lowest BCUT2D eigenvalue weighted by atomic mass is 10.2. The minimum Gasteiger partial charge on any atom is -0.374 e. The summed E-state index contributed by atoms with van der Waals surface area (Å²) in [5.41, 5.74) is 0.840. The monoisotopic (exact) mass is 385 g/mol. The van der Waals surface area contributed by atoms with Crippen LogP contribution in [0.5, 0.6) is 0 Å². The number of anilines is 1. The molecule has 0 spiro atoms. The molecule has 1 saturated heterocycles. The molecule has 6 nitrogen and oxygen atoms in total. The van der Waals surface area contributed by atoms with Crippen LogP contribution in [0.4, 0.5) is 10.5 Å². The van der Waals surface area contributed by atoms with Crippen LogP contribution in [0.25, 0.3) is 0 Å². The third-order valence-electron chi connectivity index (χ3n) is 3.10. The average molecular weight is 386 g/mol. The Hall–Kier alpha value is -1.54. The summed E-state index contributed by atoms with van der Waals surface area (Å²) in [5.74, 6) is -0.200. The molecule has 8 heteroatoms. The van der Waals surface area contributed by atoms with Crippen molar-refractivity contribution >= 4 is 50.4 Å². The third-order valence-corrected chi connectivity index (χ3v) is 4.48. The van der Waals surface area contributed by atoms with Crippen LogP contribution in [-0.2, 0) is 9.59 Å². The van der Waals surface area contributed by atoms with Gasteiger partial charge in [-0.15, -0.1) is 0 Å². The zero-order valence-electron chi connectivity index (χ0n) is 12.0. The molecule has 118 valence electrons. The number of benzene rings is 1. The van der Waals surface area contributed by atoms with Crippen LogP contribution in [0.3, 0.4) is 0 Å². The first-order valence-electron chi connectivity index (χ1n) is 6.74. The van der Waals surface area contributed by atoms with Crippen molar-refractivity contribution in [1.82, 2.24) is 10.2 Å². The summed E-state index contributed by atoms with van der Waals surface area (Å²) >= 11 is 4.34. The summed E-state index contributed by atoms with van der Waals surface area (Å²) in [6.07, 6.45) is 0. The van der Waals surface area contributed by atoms with Crippen LogP contribution >= 0.6 is 27.7 Å². The van der Waals surface area contributed by atoms with Crippen molar-refractivity contribution in [3.05, 3.63) is 28.7 Å². The van der Waals surface area contributed by atoms with Gasteiger partial charge in [0, 0.05) is 23.2 Å². The van der Waals surface area contributed by atoms with Gasteiger partial charge >= 0.3 is 0 Å². The number of carbonyl (C=O) groups is 3. The van der Waals surface area contributed by atoms with E-state index in [1.165, 1.54) is 0 Å². The molecule has 3 amide bonds. The van der Waals surface area contributed by atoms with Gasteiger partial charge in [0.25, 0.3) is 5.24 Å². The van der Waals surface area contributed by atoms with Crippen LogP contribution < -0.4 is 10.6 Å². The smallest absolute Gasteiger partial charge is 0.288 e. The lowest BCUT2D eigenvalue weighted by molar-refractivity contribution is -0.125. The number of halogens is 1. The minimum absolute atomic E-state index is 0.185. The summed E-state index contributed by atoms with van der Waals surface area (Å²) in [7, 11) is 0. The van der Waals surface area contributed by atoms with Crippen molar-refractivity contribution in [2.24, 2.45) is 0 Å². The first-order chi connectivity index (χ1) is 10.5. The van der Waals surface area contributed by atoms with Gasteiger partial charge in [-0.25, -0.2) is 0 Å². The molecule has 2 rings (SSSR count). The predicted octanol–water partition coefficient (Wildman–Crippen LogP) is 2.06. The van der Waals surface area contributed by atoms with E-state index < -0.39 is 6.04 Å². The van der Waals surface area contributed by atoms with Gasteiger partial charge < -0.3 is 10.6 Å². The highest BCUT2D eigenvalue weighted by Gasteiger charge is 2.29. The number of carbonyl (C=O) groups excluding carboxylic acids is 3. The van der Waals surface area contributed by atoms with E-state index in [9.17, 15) is 14.4 Å². The first-order valence-corrected chi connectivity index (χ1v) is 8.52. The number of imide groups is 1. The second kappa shape index (κ2) is 7.64. The summed E-state index contributed by atoms with van der Waals surface area (Å²) < 4.78 is 0.966. The molecule has 2 N–H and O–H groups in total. The zero-order chi connectivity index (χ0) is 16.1. The molecule has 1 aliphatic heterocycles. The molecule has 1 atom stereocenters. The van der Waals surface area contributed by atoms with E-state index in [2.05, 4.69) is 26.6 Å². The van der Waals surface area contributed by atoms with Crippen molar-refractivity contribution in [1.29, 1.82) is 0 Å². The van der Waals surface area contributed by atoms with Gasteiger partial charge in [-0.2, -0.15) is 0 Å². The molecule has 0 radical (unpaired) electrons. The summed E-state index contributed by atoms with van der Waals surface area (Å²) in [6.45, 7) is 2.21. The minimum atomic E-state index is -0.416. The number of nitrogens with zero attached hydrogens (tertiary/aromatic N) is 1. The van der Waals surface area contributed by atoms with Crippen LogP contribution in [0.2, 0.25) is 0 Å². The Kier molecular flexibility index (Phi) is 5.84. The Labute approximate surface area is 141 Å². The topological polar surface area (TPSA) is 78.5 Å². The molecule has 1 aromatic carbocycles.